The topological polar surface area (TPSA) is 43.4 Å². The fraction of sp³-hybridized carbons (Fsp3) is 0.333. The Labute approximate surface area is 51.3 Å². The first-order valence-electron chi connectivity index (χ1n) is 2.70. The largest absolute Gasteiger partial charge is 0.391 e. The maximum atomic E-state index is 10.6. The average molecular weight is 124 g/mol. The van der Waals surface area contributed by atoms with Crippen LogP contribution in [-0.2, 0) is 14.3 Å². The molecular weight excluding hydrogens is 120 g/mol. The highest BCUT2D eigenvalue weighted by atomic mass is 16.6. The molecule has 1 aliphatic carbocycles. The summed E-state index contributed by atoms with van der Waals surface area (Å²) in [5, 5.41) is 0. The number of hydrogen-bond donors (Lipinski definition) is 0. The summed E-state index contributed by atoms with van der Waals surface area (Å²) in [6, 6.07) is 0. The lowest BCUT2D eigenvalue weighted by Crippen LogP contribution is -2.54. The first-order chi connectivity index (χ1) is 4.26. The second-order valence-electron chi connectivity index (χ2n) is 2.25. The van der Waals surface area contributed by atoms with E-state index < -0.39 is 17.4 Å². The van der Waals surface area contributed by atoms with Gasteiger partial charge in [0.25, 0.3) is 0 Å². The van der Waals surface area contributed by atoms with Gasteiger partial charge >= 0.3 is 11.9 Å². The number of carbonyl (C=O) groups excluding carboxylic acids is 2. The molecule has 0 radical (unpaired) electrons. The van der Waals surface area contributed by atoms with Gasteiger partial charge in [0.2, 0.25) is 0 Å². The normalized spacial score (nSPS) is 27.1. The summed E-state index contributed by atoms with van der Waals surface area (Å²) in [5.41, 5.74) is -0.819. The fourth-order valence-electron chi connectivity index (χ4n) is 0.960. The minimum Gasteiger partial charge on any atom is -0.391 e. The Kier molecular flexibility index (Phi) is 0.565. The molecule has 0 atom stereocenters. The number of hydrogen-bond acceptors (Lipinski definition) is 3. The van der Waals surface area contributed by atoms with Gasteiger partial charge in [-0.2, -0.15) is 0 Å². The van der Waals surface area contributed by atoms with Crippen molar-refractivity contribution in [1.29, 1.82) is 0 Å². The van der Waals surface area contributed by atoms with E-state index in [2.05, 4.69) is 4.74 Å². The molecule has 0 aromatic heterocycles. The van der Waals surface area contributed by atoms with Crippen LogP contribution in [0, 0.1) is 5.41 Å². The molecule has 0 aromatic carbocycles. The molecule has 1 saturated heterocycles. The predicted molar refractivity (Wildman–Crippen MR) is 27.3 cm³/mol. The van der Waals surface area contributed by atoms with Crippen LogP contribution in [0.25, 0.3) is 0 Å². The Morgan fingerprint density at radius 1 is 1.44 bits per heavy atom. The zero-order chi connectivity index (χ0) is 6.48. The number of esters is 2. The van der Waals surface area contributed by atoms with Gasteiger partial charge in [0.05, 0.1) is 0 Å². The second-order valence-corrected chi connectivity index (χ2v) is 2.25. The highest BCUT2D eigenvalue weighted by Crippen LogP contribution is 2.42. The fourth-order valence-corrected chi connectivity index (χ4v) is 0.960. The predicted octanol–water partition coefficient (Wildman–Crippen LogP) is 0.0161. The zero-order valence-corrected chi connectivity index (χ0v) is 4.59. The molecule has 1 spiro atoms. The van der Waals surface area contributed by atoms with E-state index in [0.29, 0.717) is 6.42 Å². The lowest BCUT2D eigenvalue weighted by atomic mass is 9.73. The maximum Gasteiger partial charge on any atom is 0.335 e. The Hall–Kier alpha value is -1.12. The van der Waals surface area contributed by atoms with Crippen LogP contribution in [0.2, 0.25) is 0 Å². The molecule has 2 rings (SSSR count). The van der Waals surface area contributed by atoms with Crippen LogP contribution in [0.15, 0.2) is 12.2 Å². The third kappa shape index (κ3) is 0.313. The number of cyclic esters (lactones) is 2. The van der Waals surface area contributed by atoms with Gasteiger partial charge in [-0.15, -0.1) is 0 Å². The highest BCUT2D eigenvalue weighted by Gasteiger charge is 2.59. The lowest BCUT2D eigenvalue weighted by molar-refractivity contribution is -0.192. The van der Waals surface area contributed by atoms with Crippen LogP contribution in [-0.4, -0.2) is 11.9 Å². The first kappa shape index (κ1) is 4.73. The van der Waals surface area contributed by atoms with Crippen molar-refractivity contribution in [2.75, 3.05) is 0 Å². The molecule has 9 heavy (non-hydrogen) atoms. The molecule has 1 heterocycles. The molecule has 46 valence electrons. The standard InChI is InChI=1S/C6H4O3/c7-4-6(2-1-3-6)5(8)9-4/h1-2H,3H2. The summed E-state index contributed by atoms with van der Waals surface area (Å²) < 4.78 is 4.17. The molecule has 0 saturated carbocycles. The summed E-state index contributed by atoms with van der Waals surface area (Å²) in [4.78, 5) is 21.1. The summed E-state index contributed by atoms with van der Waals surface area (Å²) >= 11 is 0. The van der Waals surface area contributed by atoms with Crippen molar-refractivity contribution in [3.05, 3.63) is 12.2 Å². The van der Waals surface area contributed by atoms with Crippen molar-refractivity contribution < 1.29 is 14.3 Å². The van der Waals surface area contributed by atoms with Crippen molar-refractivity contribution in [2.45, 2.75) is 6.42 Å². The van der Waals surface area contributed by atoms with Crippen molar-refractivity contribution in [3.63, 3.8) is 0 Å². The second kappa shape index (κ2) is 1.07. The molecule has 0 aromatic rings. The van der Waals surface area contributed by atoms with Crippen molar-refractivity contribution in [1.82, 2.24) is 0 Å². The van der Waals surface area contributed by atoms with Gasteiger partial charge < -0.3 is 4.74 Å². The van der Waals surface area contributed by atoms with E-state index in [1.165, 1.54) is 0 Å². The van der Waals surface area contributed by atoms with Crippen LogP contribution in [0.1, 0.15) is 6.42 Å². The van der Waals surface area contributed by atoms with Gasteiger partial charge in [0.1, 0.15) is 0 Å². The lowest BCUT2D eigenvalue weighted by Gasteiger charge is -2.37. The molecule has 1 aliphatic heterocycles. The van der Waals surface area contributed by atoms with Crippen LogP contribution in [0.5, 0.6) is 0 Å². The van der Waals surface area contributed by atoms with E-state index in [1.807, 2.05) is 0 Å². The highest BCUT2D eigenvalue weighted by molar-refractivity contribution is 6.16. The molecule has 0 N–H and O–H groups in total. The smallest absolute Gasteiger partial charge is 0.335 e. The Bertz CT molecular complexity index is 212. The molecular formula is C6H4O3. The Balaban J connectivity index is 2.38. The first-order valence-corrected chi connectivity index (χ1v) is 2.70. The molecule has 0 amide bonds. The van der Waals surface area contributed by atoms with E-state index in [-0.39, 0.29) is 0 Å². The molecule has 3 nitrogen and oxygen atoms in total. The summed E-state index contributed by atoms with van der Waals surface area (Å²) in [7, 11) is 0. The van der Waals surface area contributed by atoms with Gasteiger partial charge in [0, 0.05) is 0 Å². The van der Waals surface area contributed by atoms with Crippen LogP contribution < -0.4 is 0 Å². The SMILES string of the molecule is O=C1OC(=O)C12C=CC2. The van der Waals surface area contributed by atoms with E-state index in [4.69, 9.17) is 0 Å². The molecule has 2 aliphatic rings. The van der Waals surface area contributed by atoms with Crippen molar-refractivity contribution in [2.24, 2.45) is 5.41 Å². The molecule has 0 unspecified atom stereocenters. The molecule has 1 fully saturated rings. The van der Waals surface area contributed by atoms with Crippen LogP contribution in [0.3, 0.4) is 0 Å². The minimum atomic E-state index is -0.819. The number of allylic oxidation sites excluding steroid dienone is 1. The van der Waals surface area contributed by atoms with Gasteiger partial charge in [-0.3, -0.25) is 0 Å². The van der Waals surface area contributed by atoms with Crippen LogP contribution >= 0.6 is 0 Å². The zero-order valence-electron chi connectivity index (χ0n) is 4.59. The minimum absolute atomic E-state index is 0.394. The number of ether oxygens (including phenoxy) is 1. The van der Waals surface area contributed by atoms with E-state index >= 15 is 0 Å². The van der Waals surface area contributed by atoms with Crippen molar-refractivity contribution in [3.8, 4) is 0 Å². The van der Waals surface area contributed by atoms with Gasteiger partial charge in [-0.1, -0.05) is 12.2 Å². The molecule has 0 bridgehead atoms. The van der Waals surface area contributed by atoms with E-state index in [9.17, 15) is 9.59 Å². The van der Waals surface area contributed by atoms with E-state index in [0.717, 1.165) is 0 Å². The summed E-state index contributed by atoms with van der Waals surface area (Å²) in [6.45, 7) is 0. The quantitative estimate of drug-likeness (QED) is 0.259. The third-order valence-corrected chi connectivity index (χ3v) is 1.76. The van der Waals surface area contributed by atoms with Gasteiger partial charge in [-0.25, -0.2) is 9.59 Å². The third-order valence-electron chi connectivity index (χ3n) is 1.76. The van der Waals surface area contributed by atoms with Gasteiger partial charge in [-0.05, 0) is 6.42 Å². The molecule has 3 heteroatoms. The Morgan fingerprint density at radius 3 is 2.11 bits per heavy atom. The Morgan fingerprint density at radius 2 is 2.00 bits per heavy atom. The monoisotopic (exact) mass is 124 g/mol. The number of carbonyl (C=O) groups is 2. The maximum absolute atomic E-state index is 10.6. The van der Waals surface area contributed by atoms with Crippen LogP contribution in [0.4, 0.5) is 0 Å². The van der Waals surface area contributed by atoms with E-state index in [1.54, 1.807) is 12.2 Å². The van der Waals surface area contributed by atoms with Gasteiger partial charge in [0.15, 0.2) is 5.41 Å². The summed E-state index contributed by atoms with van der Waals surface area (Å²) in [6.07, 6.45) is 3.92. The van der Waals surface area contributed by atoms with Crippen molar-refractivity contribution >= 4 is 11.9 Å². The average Bonchev–Trinajstić information content (AvgIpc) is 1.60. The number of rotatable bonds is 0. The summed E-state index contributed by atoms with van der Waals surface area (Å²) in [5.74, 6) is -0.787.